The molecule has 0 saturated carbocycles. The van der Waals surface area contributed by atoms with Crippen LogP contribution in [-0.4, -0.2) is 16.9 Å². The molecule has 0 fully saturated rings. The summed E-state index contributed by atoms with van der Waals surface area (Å²) >= 11 is 5.96. The molecule has 3 rings (SSSR count). The van der Waals surface area contributed by atoms with Crippen LogP contribution >= 0.6 is 11.6 Å². The molecule has 0 saturated heterocycles. The van der Waals surface area contributed by atoms with Crippen molar-refractivity contribution in [1.29, 1.82) is 0 Å². The van der Waals surface area contributed by atoms with Crippen molar-refractivity contribution in [3.63, 3.8) is 0 Å². The molecule has 1 aliphatic rings. The van der Waals surface area contributed by atoms with E-state index in [9.17, 15) is 4.79 Å². The number of aromatic nitrogens is 1. The Morgan fingerprint density at radius 1 is 1.33 bits per heavy atom. The molecule has 1 heterocycles. The molecule has 1 amide bonds. The molecule has 21 heavy (non-hydrogen) atoms. The molecular formula is C16H16ClN3O. The molecule has 1 unspecified atom stereocenters. The van der Waals surface area contributed by atoms with E-state index < -0.39 is 0 Å². The highest BCUT2D eigenvalue weighted by Gasteiger charge is 2.21. The van der Waals surface area contributed by atoms with Gasteiger partial charge in [-0.2, -0.15) is 0 Å². The Bertz CT molecular complexity index is 687. The number of nitrogens with one attached hydrogen (secondary N) is 1. The smallest absolute Gasteiger partial charge is 0.254 e. The number of nitrogens with zero attached hydrogens (tertiary/aromatic N) is 1. The van der Waals surface area contributed by atoms with Crippen molar-refractivity contribution in [1.82, 2.24) is 10.3 Å². The van der Waals surface area contributed by atoms with Crippen LogP contribution < -0.4 is 11.1 Å². The van der Waals surface area contributed by atoms with Crippen molar-refractivity contribution in [3.05, 3.63) is 58.4 Å². The van der Waals surface area contributed by atoms with Gasteiger partial charge in [-0.05, 0) is 36.5 Å². The summed E-state index contributed by atoms with van der Waals surface area (Å²) in [4.78, 5) is 16.2. The fraction of sp³-hybridized carbons (Fsp3) is 0.250. The second-order valence-corrected chi connectivity index (χ2v) is 5.65. The minimum absolute atomic E-state index is 0.116. The van der Waals surface area contributed by atoms with Crippen molar-refractivity contribution in [2.45, 2.75) is 25.3 Å². The number of carbonyl (C=O) groups is 1. The molecule has 2 aromatic rings. The van der Waals surface area contributed by atoms with E-state index in [1.807, 2.05) is 6.07 Å². The highest BCUT2D eigenvalue weighted by atomic mass is 35.5. The molecule has 3 N–H and O–H groups in total. The Kier molecular flexibility index (Phi) is 3.80. The van der Waals surface area contributed by atoms with Crippen LogP contribution in [0.25, 0.3) is 0 Å². The molecule has 1 aromatic carbocycles. The number of benzene rings is 1. The average molecular weight is 302 g/mol. The van der Waals surface area contributed by atoms with Gasteiger partial charge in [0, 0.05) is 6.04 Å². The average Bonchev–Trinajstić information content (AvgIpc) is 2.49. The molecule has 108 valence electrons. The Morgan fingerprint density at radius 2 is 2.10 bits per heavy atom. The molecule has 1 aliphatic carbocycles. The number of pyridine rings is 1. The maximum Gasteiger partial charge on any atom is 0.254 e. The molecule has 0 radical (unpaired) electrons. The van der Waals surface area contributed by atoms with Crippen LogP contribution in [0.3, 0.4) is 0 Å². The first-order chi connectivity index (χ1) is 10.1. The van der Waals surface area contributed by atoms with Crippen molar-refractivity contribution in [2.24, 2.45) is 0 Å². The number of hydrogen-bond donors (Lipinski definition) is 2. The van der Waals surface area contributed by atoms with Gasteiger partial charge in [0.25, 0.3) is 5.91 Å². The van der Waals surface area contributed by atoms with Gasteiger partial charge < -0.3 is 11.1 Å². The van der Waals surface area contributed by atoms with Gasteiger partial charge in [0.05, 0.1) is 17.4 Å². The largest absolute Gasteiger partial charge is 0.397 e. The summed E-state index contributed by atoms with van der Waals surface area (Å²) in [6.07, 6.45) is 4.19. The quantitative estimate of drug-likeness (QED) is 0.838. The summed E-state index contributed by atoms with van der Waals surface area (Å²) in [5.41, 5.74) is 9.08. The minimum atomic E-state index is -0.218. The van der Waals surface area contributed by atoms with E-state index >= 15 is 0 Å². The van der Waals surface area contributed by atoms with Crippen molar-refractivity contribution < 1.29 is 4.79 Å². The van der Waals surface area contributed by atoms with Crippen LogP contribution in [0.5, 0.6) is 0 Å². The van der Waals surface area contributed by atoms with Crippen molar-refractivity contribution in [2.75, 3.05) is 5.73 Å². The number of aryl methyl sites for hydroxylation is 1. The topological polar surface area (TPSA) is 68.0 Å². The zero-order valence-corrected chi connectivity index (χ0v) is 12.2. The highest BCUT2D eigenvalue weighted by Crippen LogP contribution is 2.22. The fourth-order valence-electron chi connectivity index (χ4n) is 2.71. The molecule has 5 heteroatoms. The summed E-state index contributed by atoms with van der Waals surface area (Å²) in [5.74, 6) is -0.218. The maximum absolute atomic E-state index is 12.3. The Balaban J connectivity index is 1.73. The second kappa shape index (κ2) is 5.74. The first-order valence-corrected chi connectivity index (χ1v) is 7.30. The van der Waals surface area contributed by atoms with E-state index in [2.05, 4.69) is 28.5 Å². The number of hydrogen-bond acceptors (Lipinski definition) is 3. The predicted molar refractivity (Wildman–Crippen MR) is 83.4 cm³/mol. The molecule has 0 aliphatic heterocycles. The Morgan fingerprint density at radius 3 is 2.90 bits per heavy atom. The number of amides is 1. The number of nitrogens with two attached hydrogens (primary N) is 1. The normalized spacial score (nSPS) is 17.1. The summed E-state index contributed by atoms with van der Waals surface area (Å²) < 4.78 is 0. The van der Waals surface area contributed by atoms with Gasteiger partial charge in [-0.15, -0.1) is 0 Å². The van der Waals surface area contributed by atoms with E-state index in [4.69, 9.17) is 17.3 Å². The van der Waals surface area contributed by atoms with Crippen molar-refractivity contribution in [3.8, 4) is 0 Å². The second-order valence-electron chi connectivity index (χ2n) is 5.29. The van der Waals surface area contributed by atoms with E-state index in [0.717, 1.165) is 19.3 Å². The minimum Gasteiger partial charge on any atom is -0.397 e. The monoisotopic (exact) mass is 301 g/mol. The number of carbonyl (C=O) groups excluding carboxylic acids is 1. The van der Waals surface area contributed by atoms with Gasteiger partial charge in [0.15, 0.2) is 0 Å². The van der Waals surface area contributed by atoms with Crippen LogP contribution in [0.1, 0.15) is 27.9 Å². The molecular weight excluding hydrogens is 286 g/mol. The molecule has 1 aromatic heterocycles. The third-order valence-corrected chi connectivity index (χ3v) is 4.09. The van der Waals surface area contributed by atoms with Gasteiger partial charge in [-0.3, -0.25) is 4.79 Å². The third kappa shape index (κ3) is 3.00. The zero-order chi connectivity index (χ0) is 14.8. The van der Waals surface area contributed by atoms with Crippen LogP contribution in [-0.2, 0) is 12.8 Å². The van der Waals surface area contributed by atoms with Crippen LogP contribution in [0, 0.1) is 0 Å². The lowest BCUT2D eigenvalue weighted by Gasteiger charge is -2.25. The number of nitrogen functional groups attached to an aromatic ring is 1. The standard InChI is InChI=1S/C16H16ClN3O/c17-15-14(8-12(18)9-19-15)16(21)20-13-6-5-10-3-1-2-4-11(10)7-13/h1-4,8-9,13H,5-7,18H2,(H,20,21). The van der Waals surface area contributed by atoms with E-state index in [1.54, 1.807) is 6.07 Å². The van der Waals surface area contributed by atoms with E-state index in [1.165, 1.54) is 17.3 Å². The van der Waals surface area contributed by atoms with Crippen molar-refractivity contribution >= 4 is 23.2 Å². The van der Waals surface area contributed by atoms with Gasteiger partial charge in [-0.25, -0.2) is 4.98 Å². The fourth-order valence-corrected chi connectivity index (χ4v) is 2.90. The first kappa shape index (κ1) is 13.9. The number of fused-ring (bicyclic) bond motifs is 1. The zero-order valence-electron chi connectivity index (χ0n) is 11.5. The van der Waals surface area contributed by atoms with Crippen LogP contribution in [0.15, 0.2) is 36.5 Å². The molecule has 4 nitrogen and oxygen atoms in total. The Labute approximate surface area is 128 Å². The lowest BCUT2D eigenvalue weighted by molar-refractivity contribution is 0.0933. The Hall–Kier alpha value is -2.07. The van der Waals surface area contributed by atoms with Crippen LogP contribution in [0.2, 0.25) is 5.15 Å². The summed E-state index contributed by atoms with van der Waals surface area (Å²) in [5, 5.41) is 3.20. The van der Waals surface area contributed by atoms with Gasteiger partial charge >= 0.3 is 0 Å². The summed E-state index contributed by atoms with van der Waals surface area (Å²) in [6.45, 7) is 0. The summed E-state index contributed by atoms with van der Waals surface area (Å²) in [6, 6.07) is 10.0. The third-order valence-electron chi connectivity index (χ3n) is 3.79. The highest BCUT2D eigenvalue weighted by molar-refractivity contribution is 6.32. The molecule has 0 bridgehead atoms. The van der Waals surface area contributed by atoms with E-state index in [0.29, 0.717) is 11.3 Å². The van der Waals surface area contributed by atoms with Crippen LogP contribution in [0.4, 0.5) is 5.69 Å². The SMILES string of the molecule is Nc1cnc(Cl)c(C(=O)NC2CCc3ccccc3C2)c1. The number of anilines is 1. The van der Waals surface area contributed by atoms with Gasteiger partial charge in [-0.1, -0.05) is 35.9 Å². The predicted octanol–water partition coefficient (Wildman–Crippen LogP) is 2.60. The lowest BCUT2D eigenvalue weighted by atomic mass is 9.88. The molecule has 0 spiro atoms. The molecule has 1 atom stereocenters. The maximum atomic E-state index is 12.3. The number of rotatable bonds is 2. The lowest BCUT2D eigenvalue weighted by Crippen LogP contribution is -2.39. The summed E-state index contributed by atoms with van der Waals surface area (Å²) in [7, 11) is 0. The first-order valence-electron chi connectivity index (χ1n) is 6.92. The van der Waals surface area contributed by atoms with Gasteiger partial charge in [0.1, 0.15) is 5.15 Å². The van der Waals surface area contributed by atoms with E-state index in [-0.39, 0.29) is 17.1 Å². The number of halogens is 1. The van der Waals surface area contributed by atoms with Gasteiger partial charge in [0.2, 0.25) is 0 Å².